The number of amides is 1. The molecule has 0 spiro atoms. The Morgan fingerprint density at radius 3 is 2.26 bits per heavy atom. The summed E-state index contributed by atoms with van der Waals surface area (Å²) in [6.07, 6.45) is 1.61. The van der Waals surface area contributed by atoms with Crippen LogP contribution in [-0.2, 0) is 22.4 Å². The van der Waals surface area contributed by atoms with Crippen molar-refractivity contribution in [1.29, 1.82) is 0 Å². The number of carboxylic acids is 1. The number of hydrogen-bond donors (Lipinski definition) is 2. The molecule has 0 saturated carbocycles. The van der Waals surface area contributed by atoms with Crippen LogP contribution in [0, 0.1) is 19.8 Å². The first-order chi connectivity index (χ1) is 20.1. The maximum absolute atomic E-state index is 13.7. The normalized spacial score (nSPS) is 19.6. The lowest BCUT2D eigenvalue weighted by Gasteiger charge is -2.28. The molecule has 0 radical (unpaired) electrons. The SMILES string of the molecule is CCc1cc(C)cc(CC)c1NC(=O)CN1C[C@H](c2ccc3c(c2C)OCO3)C(C(=O)O)[C@@H]1c1ccc(N(C)C)cc1. The highest BCUT2D eigenvalue weighted by molar-refractivity contribution is 5.94. The highest BCUT2D eigenvalue weighted by atomic mass is 16.7. The zero-order chi connectivity index (χ0) is 30.1. The van der Waals surface area contributed by atoms with Crippen molar-refractivity contribution in [3.8, 4) is 11.5 Å². The van der Waals surface area contributed by atoms with Crippen molar-refractivity contribution >= 4 is 23.3 Å². The molecular weight excluding hydrogens is 530 g/mol. The van der Waals surface area contributed by atoms with Gasteiger partial charge in [0.25, 0.3) is 0 Å². The van der Waals surface area contributed by atoms with Crippen molar-refractivity contribution in [2.75, 3.05) is 44.2 Å². The van der Waals surface area contributed by atoms with E-state index >= 15 is 0 Å². The fraction of sp³-hybridized carbons (Fsp3) is 0.412. The number of carbonyl (C=O) groups excluding carboxylic acids is 1. The second-order valence-electron chi connectivity index (χ2n) is 11.6. The Balaban J connectivity index is 1.52. The van der Waals surface area contributed by atoms with E-state index in [4.69, 9.17) is 9.47 Å². The maximum atomic E-state index is 13.7. The number of carbonyl (C=O) groups is 2. The number of nitrogens with one attached hydrogen (secondary N) is 1. The standard InChI is InChI=1S/C34H41N3O5/c1-7-22-15-20(3)16-23(8-2)31(22)35-29(38)18-37-17-27(26-13-14-28-33(21(26)4)42-19-41-28)30(34(39)40)32(37)24-9-11-25(12-10-24)36(5)6/h9-16,27,30,32H,7-8,17-19H2,1-6H3,(H,35,38)(H,39,40)/t27-,30?,32+/m1/s1. The van der Waals surface area contributed by atoms with Gasteiger partial charge in [0.2, 0.25) is 12.7 Å². The van der Waals surface area contributed by atoms with Crippen molar-refractivity contribution in [2.24, 2.45) is 5.92 Å². The van der Waals surface area contributed by atoms with E-state index in [1.54, 1.807) is 0 Å². The number of aryl methyl sites for hydroxylation is 3. The monoisotopic (exact) mass is 571 g/mol. The van der Waals surface area contributed by atoms with Gasteiger partial charge >= 0.3 is 5.97 Å². The number of carboxylic acid groups (broad SMARTS) is 1. The number of benzene rings is 3. The molecule has 2 aliphatic rings. The van der Waals surface area contributed by atoms with Crippen LogP contribution < -0.4 is 19.7 Å². The number of nitrogens with zero attached hydrogens (tertiary/aromatic N) is 2. The molecule has 3 atom stereocenters. The average molecular weight is 572 g/mol. The lowest BCUT2D eigenvalue weighted by atomic mass is 9.81. The maximum Gasteiger partial charge on any atom is 0.309 e. The minimum absolute atomic E-state index is 0.0736. The highest BCUT2D eigenvalue weighted by Crippen LogP contribution is 2.49. The third-order valence-corrected chi connectivity index (χ3v) is 8.68. The second kappa shape index (κ2) is 12.1. The molecule has 1 saturated heterocycles. The zero-order valence-electron chi connectivity index (χ0n) is 25.4. The van der Waals surface area contributed by atoms with Crippen LogP contribution in [0.3, 0.4) is 0 Å². The van der Waals surface area contributed by atoms with Crippen LogP contribution in [0.4, 0.5) is 11.4 Å². The zero-order valence-corrected chi connectivity index (χ0v) is 25.4. The molecule has 3 aromatic rings. The topological polar surface area (TPSA) is 91.3 Å². The molecule has 1 amide bonds. The minimum Gasteiger partial charge on any atom is -0.481 e. The number of ether oxygens (including phenoxy) is 2. The van der Waals surface area contributed by atoms with Crippen LogP contribution in [0.25, 0.3) is 0 Å². The first-order valence-corrected chi connectivity index (χ1v) is 14.7. The Bertz CT molecular complexity index is 1460. The van der Waals surface area contributed by atoms with E-state index < -0.39 is 17.9 Å². The van der Waals surface area contributed by atoms with E-state index in [9.17, 15) is 14.7 Å². The van der Waals surface area contributed by atoms with E-state index in [-0.39, 0.29) is 25.2 Å². The van der Waals surface area contributed by atoms with Crippen LogP contribution in [0.1, 0.15) is 59.2 Å². The average Bonchev–Trinajstić information content (AvgIpc) is 3.59. The predicted molar refractivity (Wildman–Crippen MR) is 165 cm³/mol. The molecule has 0 aliphatic carbocycles. The van der Waals surface area contributed by atoms with Crippen LogP contribution >= 0.6 is 0 Å². The first kappa shape index (κ1) is 29.5. The van der Waals surface area contributed by atoms with Gasteiger partial charge in [-0.3, -0.25) is 14.5 Å². The summed E-state index contributed by atoms with van der Waals surface area (Å²) in [4.78, 5) is 30.8. The van der Waals surface area contributed by atoms with Crippen LogP contribution in [0.5, 0.6) is 11.5 Å². The van der Waals surface area contributed by atoms with Crippen molar-refractivity contribution in [1.82, 2.24) is 4.90 Å². The summed E-state index contributed by atoms with van der Waals surface area (Å²) in [5.41, 5.74) is 7.95. The van der Waals surface area contributed by atoms with Crippen LogP contribution in [-0.4, -0.2) is 55.9 Å². The van der Waals surface area contributed by atoms with Crippen molar-refractivity contribution in [3.05, 3.63) is 81.9 Å². The molecule has 0 aromatic heterocycles. The molecule has 8 heteroatoms. The smallest absolute Gasteiger partial charge is 0.309 e. The van der Waals surface area contributed by atoms with E-state index in [0.29, 0.717) is 18.0 Å². The van der Waals surface area contributed by atoms with E-state index in [0.717, 1.165) is 52.0 Å². The van der Waals surface area contributed by atoms with Gasteiger partial charge in [0.1, 0.15) is 0 Å². The fourth-order valence-corrected chi connectivity index (χ4v) is 6.63. The third-order valence-electron chi connectivity index (χ3n) is 8.68. The number of fused-ring (bicyclic) bond motifs is 1. The third kappa shape index (κ3) is 5.55. The molecular formula is C34H41N3O5. The van der Waals surface area contributed by atoms with Crippen molar-refractivity contribution < 1.29 is 24.2 Å². The quantitative estimate of drug-likeness (QED) is 0.340. The Labute approximate surface area is 248 Å². The van der Waals surface area contributed by atoms with Gasteiger partial charge in [-0.05, 0) is 72.7 Å². The number of rotatable bonds is 9. The molecule has 8 nitrogen and oxygen atoms in total. The molecule has 42 heavy (non-hydrogen) atoms. The molecule has 2 heterocycles. The molecule has 2 N–H and O–H groups in total. The Morgan fingerprint density at radius 2 is 1.67 bits per heavy atom. The van der Waals surface area contributed by atoms with E-state index in [1.165, 1.54) is 5.56 Å². The number of hydrogen-bond acceptors (Lipinski definition) is 6. The van der Waals surface area contributed by atoms with Gasteiger partial charge in [-0.25, -0.2) is 0 Å². The van der Waals surface area contributed by atoms with Gasteiger partial charge in [-0.2, -0.15) is 0 Å². The summed E-state index contributed by atoms with van der Waals surface area (Å²) in [7, 11) is 3.94. The Hall–Kier alpha value is -4.04. The lowest BCUT2D eigenvalue weighted by Crippen LogP contribution is -2.35. The summed E-state index contributed by atoms with van der Waals surface area (Å²) in [6.45, 7) is 8.85. The molecule has 3 aromatic carbocycles. The largest absolute Gasteiger partial charge is 0.481 e. The fourth-order valence-electron chi connectivity index (χ4n) is 6.63. The summed E-state index contributed by atoms with van der Waals surface area (Å²) >= 11 is 0. The van der Waals surface area contributed by atoms with Crippen LogP contribution in [0.2, 0.25) is 0 Å². The number of likely N-dealkylation sites (tertiary alicyclic amines) is 1. The molecule has 0 bridgehead atoms. The van der Waals surface area contributed by atoms with Gasteiger partial charge in [-0.1, -0.05) is 49.7 Å². The summed E-state index contributed by atoms with van der Waals surface area (Å²) in [5.74, 6) is -0.811. The molecule has 222 valence electrons. The highest BCUT2D eigenvalue weighted by Gasteiger charge is 2.48. The minimum atomic E-state index is -0.887. The lowest BCUT2D eigenvalue weighted by molar-refractivity contribution is -0.143. The first-order valence-electron chi connectivity index (χ1n) is 14.7. The summed E-state index contributed by atoms with van der Waals surface area (Å²) < 4.78 is 11.3. The molecule has 2 aliphatic heterocycles. The van der Waals surface area contributed by atoms with Gasteiger partial charge in [-0.15, -0.1) is 0 Å². The molecule has 5 rings (SSSR count). The van der Waals surface area contributed by atoms with Gasteiger partial charge in [0.05, 0.1) is 12.5 Å². The molecule has 1 unspecified atom stereocenters. The summed E-state index contributed by atoms with van der Waals surface area (Å²) in [6, 6.07) is 15.5. The number of aliphatic carboxylic acids is 1. The summed E-state index contributed by atoms with van der Waals surface area (Å²) in [5, 5.41) is 13.9. The van der Waals surface area contributed by atoms with Gasteiger partial charge in [0, 0.05) is 44.0 Å². The van der Waals surface area contributed by atoms with Crippen molar-refractivity contribution in [2.45, 2.75) is 52.5 Å². The Kier molecular flexibility index (Phi) is 8.45. The van der Waals surface area contributed by atoms with Crippen molar-refractivity contribution in [3.63, 3.8) is 0 Å². The molecule has 1 fully saturated rings. The Morgan fingerprint density at radius 1 is 1.00 bits per heavy atom. The predicted octanol–water partition coefficient (Wildman–Crippen LogP) is 5.70. The second-order valence-corrected chi connectivity index (χ2v) is 11.6. The van der Waals surface area contributed by atoms with E-state index in [1.807, 2.05) is 67.2 Å². The van der Waals surface area contributed by atoms with E-state index in [2.05, 4.69) is 38.2 Å². The van der Waals surface area contributed by atoms with Gasteiger partial charge < -0.3 is 24.8 Å². The number of anilines is 2. The van der Waals surface area contributed by atoms with Crippen LogP contribution in [0.15, 0.2) is 48.5 Å². The van der Waals surface area contributed by atoms with Gasteiger partial charge in [0.15, 0.2) is 11.5 Å².